The van der Waals surface area contributed by atoms with Crippen molar-refractivity contribution in [1.82, 2.24) is 10.9 Å². The van der Waals surface area contributed by atoms with Crippen LogP contribution in [0.5, 0.6) is 5.75 Å². The Labute approximate surface area is 193 Å². The highest BCUT2D eigenvalue weighted by Crippen LogP contribution is 2.27. The zero-order valence-electron chi connectivity index (χ0n) is 16.7. The Bertz CT molecular complexity index is 1090. The van der Waals surface area contributed by atoms with E-state index >= 15 is 0 Å². The van der Waals surface area contributed by atoms with E-state index in [0.29, 0.717) is 33.5 Å². The van der Waals surface area contributed by atoms with Gasteiger partial charge in [0, 0.05) is 22.7 Å². The van der Waals surface area contributed by atoms with Crippen molar-refractivity contribution >= 4 is 46.6 Å². The number of halogens is 2. The molecule has 1 aromatic heterocycles. The summed E-state index contributed by atoms with van der Waals surface area (Å²) in [5, 5.41) is 3.54. The Morgan fingerprint density at radius 2 is 1.72 bits per heavy atom. The lowest BCUT2D eigenvalue weighted by Gasteiger charge is -2.10. The van der Waals surface area contributed by atoms with Crippen LogP contribution in [0.25, 0.3) is 0 Å². The molecule has 0 saturated carbocycles. The van der Waals surface area contributed by atoms with Crippen LogP contribution in [0.3, 0.4) is 0 Å². The van der Waals surface area contributed by atoms with E-state index in [0.717, 1.165) is 0 Å². The first kappa shape index (κ1) is 23.2. The third-order valence-electron chi connectivity index (χ3n) is 4.17. The van der Waals surface area contributed by atoms with Gasteiger partial charge in [0.1, 0.15) is 5.75 Å². The predicted molar refractivity (Wildman–Crippen MR) is 120 cm³/mol. The van der Waals surface area contributed by atoms with E-state index in [-0.39, 0.29) is 24.7 Å². The van der Waals surface area contributed by atoms with Gasteiger partial charge in [-0.3, -0.25) is 25.2 Å². The normalized spacial score (nSPS) is 10.3. The molecule has 0 unspecified atom stereocenters. The smallest absolute Gasteiger partial charge is 0.291 e. The minimum absolute atomic E-state index is 0.142. The zero-order valence-corrected chi connectivity index (χ0v) is 18.2. The van der Waals surface area contributed by atoms with Crippen molar-refractivity contribution in [3.63, 3.8) is 0 Å². The van der Waals surface area contributed by atoms with Crippen molar-refractivity contribution in [3.8, 4) is 5.75 Å². The molecule has 2 aromatic carbocycles. The monoisotopic (exact) mass is 475 g/mol. The fourth-order valence-electron chi connectivity index (χ4n) is 2.57. The van der Waals surface area contributed by atoms with Crippen LogP contribution in [0.15, 0.2) is 65.3 Å². The van der Waals surface area contributed by atoms with Gasteiger partial charge in [-0.05, 0) is 61.0 Å². The molecule has 3 aromatic rings. The van der Waals surface area contributed by atoms with Crippen LogP contribution < -0.4 is 20.9 Å². The maximum Gasteiger partial charge on any atom is 0.291 e. The van der Waals surface area contributed by atoms with E-state index in [1.54, 1.807) is 42.5 Å². The molecule has 0 fully saturated rings. The summed E-state index contributed by atoms with van der Waals surface area (Å²) in [5.74, 6) is -0.607. The maximum atomic E-state index is 12.2. The second-order valence-electron chi connectivity index (χ2n) is 6.54. The van der Waals surface area contributed by atoms with Crippen LogP contribution in [0.1, 0.15) is 33.8 Å². The molecule has 1 heterocycles. The minimum Gasteiger partial charge on any atom is -0.492 e. The van der Waals surface area contributed by atoms with E-state index in [2.05, 4.69) is 16.2 Å². The molecule has 166 valence electrons. The average Bonchev–Trinajstić information content (AvgIpc) is 3.32. The maximum absolute atomic E-state index is 12.2. The number of nitrogens with one attached hydrogen (secondary N) is 3. The van der Waals surface area contributed by atoms with E-state index in [9.17, 15) is 14.4 Å². The number of hydrogen-bond donors (Lipinski definition) is 3. The fourth-order valence-corrected chi connectivity index (χ4v) is 3.04. The minimum atomic E-state index is -0.494. The van der Waals surface area contributed by atoms with Gasteiger partial charge in [0.2, 0.25) is 5.91 Å². The summed E-state index contributed by atoms with van der Waals surface area (Å²) < 4.78 is 10.5. The topological polar surface area (TPSA) is 110 Å². The standard InChI is InChI=1S/C22H19Cl2N3O5/c23-15-7-10-18(17(24)13-15)31-12-2-4-20(28)26-27-21(29)14-5-8-16(9-6-14)25-22(30)19-3-1-11-32-19/h1,3,5-11,13H,2,4,12H2,(H,25,30)(H,26,28)(H,27,29). The van der Waals surface area contributed by atoms with Gasteiger partial charge in [-0.1, -0.05) is 23.2 Å². The van der Waals surface area contributed by atoms with Gasteiger partial charge in [-0.2, -0.15) is 0 Å². The molecule has 0 aliphatic rings. The molecular formula is C22H19Cl2N3O5. The van der Waals surface area contributed by atoms with Gasteiger partial charge in [0.25, 0.3) is 11.8 Å². The number of ether oxygens (including phenoxy) is 1. The van der Waals surface area contributed by atoms with Gasteiger partial charge in [0.05, 0.1) is 17.9 Å². The molecule has 3 rings (SSSR count). The highest BCUT2D eigenvalue weighted by Gasteiger charge is 2.11. The number of benzene rings is 2. The van der Waals surface area contributed by atoms with Crippen LogP contribution in [0.4, 0.5) is 5.69 Å². The Hall–Kier alpha value is -3.49. The number of carbonyl (C=O) groups excluding carboxylic acids is 3. The number of rotatable bonds is 8. The Balaban J connectivity index is 1.37. The van der Waals surface area contributed by atoms with Crippen LogP contribution in [-0.2, 0) is 4.79 Å². The Morgan fingerprint density at radius 3 is 2.41 bits per heavy atom. The van der Waals surface area contributed by atoms with E-state index in [1.807, 2.05) is 0 Å². The molecule has 10 heteroatoms. The molecule has 0 radical (unpaired) electrons. The van der Waals surface area contributed by atoms with Gasteiger partial charge in [-0.25, -0.2) is 0 Å². The van der Waals surface area contributed by atoms with Crippen LogP contribution in [0.2, 0.25) is 10.0 Å². The van der Waals surface area contributed by atoms with E-state index in [1.165, 1.54) is 18.4 Å². The summed E-state index contributed by atoms with van der Waals surface area (Å²) in [7, 11) is 0. The molecule has 3 amide bonds. The van der Waals surface area contributed by atoms with Crippen molar-refractivity contribution in [2.75, 3.05) is 11.9 Å². The second-order valence-corrected chi connectivity index (χ2v) is 7.38. The molecule has 8 nitrogen and oxygen atoms in total. The first-order valence-corrected chi connectivity index (χ1v) is 10.3. The van der Waals surface area contributed by atoms with Gasteiger partial charge in [-0.15, -0.1) is 0 Å². The first-order valence-electron chi connectivity index (χ1n) is 9.54. The number of hydrogen-bond acceptors (Lipinski definition) is 5. The van der Waals surface area contributed by atoms with Crippen LogP contribution in [0, 0.1) is 0 Å². The average molecular weight is 476 g/mol. The predicted octanol–water partition coefficient (Wildman–Crippen LogP) is 4.46. The number of carbonyl (C=O) groups is 3. The summed E-state index contributed by atoms with van der Waals surface area (Å²) in [6.45, 7) is 0.272. The zero-order chi connectivity index (χ0) is 22.9. The largest absolute Gasteiger partial charge is 0.492 e. The van der Waals surface area contributed by atoms with Gasteiger partial charge >= 0.3 is 0 Å². The van der Waals surface area contributed by atoms with Gasteiger partial charge < -0.3 is 14.5 Å². The van der Waals surface area contributed by atoms with Crippen molar-refractivity contribution in [2.45, 2.75) is 12.8 Å². The third-order valence-corrected chi connectivity index (χ3v) is 4.70. The highest BCUT2D eigenvalue weighted by molar-refractivity contribution is 6.35. The summed E-state index contributed by atoms with van der Waals surface area (Å²) in [4.78, 5) is 36.0. The third kappa shape index (κ3) is 6.76. The Morgan fingerprint density at radius 1 is 0.938 bits per heavy atom. The summed E-state index contributed by atoms with van der Waals surface area (Å²) in [6, 6.07) is 14.2. The number of anilines is 1. The van der Waals surface area contributed by atoms with Crippen LogP contribution in [-0.4, -0.2) is 24.3 Å². The molecule has 0 spiro atoms. The molecule has 0 atom stereocenters. The molecule has 32 heavy (non-hydrogen) atoms. The summed E-state index contributed by atoms with van der Waals surface area (Å²) in [5.41, 5.74) is 5.48. The lowest BCUT2D eigenvalue weighted by molar-refractivity contribution is -0.122. The molecule has 0 saturated heterocycles. The summed E-state index contributed by atoms with van der Waals surface area (Å²) in [6.07, 6.45) is 1.97. The molecule has 0 aliphatic heterocycles. The van der Waals surface area contributed by atoms with E-state index in [4.69, 9.17) is 32.4 Å². The number of amides is 3. The number of furan rings is 1. The first-order chi connectivity index (χ1) is 15.4. The quantitative estimate of drug-likeness (QED) is 0.329. The highest BCUT2D eigenvalue weighted by atomic mass is 35.5. The molecular weight excluding hydrogens is 457 g/mol. The summed E-state index contributed by atoms with van der Waals surface area (Å²) >= 11 is 11.8. The molecule has 0 bridgehead atoms. The SMILES string of the molecule is O=C(CCCOc1ccc(Cl)cc1Cl)NNC(=O)c1ccc(NC(=O)c2ccco2)cc1. The van der Waals surface area contributed by atoms with Crippen molar-refractivity contribution in [1.29, 1.82) is 0 Å². The lowest BCUT2D eigenvalue weighted by Crippen LogP contribution is -2.41. The fraction of sp³-hybridized carbons (Fsp3) is 0.136. The van der Waals surface area contributed by atoms with Crippen LogP contribution >= 0.6 is 23.2 Å². The molecule has 0 aliphatic carbocycles. The molecule has 3 N–H and O–H groups in total. The Kier molecular flexibility index (Phi) is 8.13. The second kappa shape index (κ2) is 11.2. The lowest BCUT2D eigenvalue weighted by atomic mass is 10.2. The van der Waals surface area contributed by atoms with Gasteiger partial charge in [0.15, 0.2) is 5.76 Å². The van der Waals surface area contributed by atoms with Crippen molar-refractivity contribution < 1.29 is 23.5 Å². The number of hydrazine groups is 1. The van der Waals surface area contributed by atoms with Crippen molar-refractivity contribution in [2.24, 2.45) is 0 Å². The van der Waals surface area contributed by atoms with E-state index < -0.39 is 11.8 Å². The van der Waals surface area contributed by atoms with Crippen molar-refractivity contribution in [3.05, 3.63) is 82.2 Å².